The molecule has 2 heterocycles. The van der Waals surface area contributed by atoms with Crippen molar-refractivity contribution < 1.29 is 0 Å². The normalized spacial score (nSPS) is 11.2. The van der Waals surface area contributed by atoms with Crippen LogP contribution >= 0.6 is 11.3 Å². The fraction of sp³-hybridized carbons (Fsp3) is 0.120. The third kappa shape index (κ3) is 3.59. The van der Waals surface area contributed by atoms with E-state index in [-0.39, 0.29) is 0 Å². The van der Waals surface area contributed by atoms with E-state index < -0.39 is 0 Å². The van der Waals surface area contributed by atoms with Gasteiger partial charge in [-0.2, -0.15) is 0 Å². The van der Waals surface area contributed by atoms with Gasteiger partial charge in [0.15, 0.2) is 0 Å². The second-order valence-electron chi connectivity index (χ2n) is 7.09. The van der Waals surface area contributed by atoms with E-state index in [0.29, 0.717) is 0 Å². The molecule has 3 nitrogen and oxygen atoms in total. The molecule has 29 heavy (non-hydrogen) atoms. The molecular formula is C25H21N3S. The van der Waals surface area contributed by atoms with Crippen molar-refractivity contribution in [3.8, 4) is 0 Å². The second kappa shape index (κ2) is 7.64. The molecule has 4 heteroatoms. The molecule has 1 N–H and O–H groups in total. The van der Waals surface area contributed by atoms with Gasteiger partial charge in [-0.15, -0.1) is 11.3 Å². The molecule has 0 amide bonds. The van der Waals surface area contributed by atoms with Crippen LogP contribution in [0.2, 0.25) is 0 Å². The summed E-state index contributed by atoms with van der Waals surface area (Å²) in [7, 11) is 0. The Morgan fingerprint density at radius 1 is 0.828 bits per heavy atom. The minimum Gasteiger partial charge on any atom is -0.339 e. The van der Waals surface area contributed by atoms with Gasteiger partial charge in [0.05, 0.1) is 5.39 Å². The minimum atomic E-state index is 0.723. The zero-order chi connectivity index (χ0) is 19.6. The number of hydrogen-bond acceptors (Lipinski definition) is 4. The number of anilines is 2. The maximum Gasteiger partial charge on any atom is 0.142 e. The summed E-state index contributed by atoms with van der Waals surface area (Å²) < 4.78 is 0. The lowest BCUT2D eigenvalue weighted by atomic mass is 10.1. The summed E-state index contributed by atoms with van der Waals surface area (Å²) in [5.41, 5.74) is 2.29. The Morgan fingerprint density at radius 2 is 1.62 bits per heavy atom. The van der Waals surface area contributed by atoms with Crippen molar-refractivity contribution >= 4 is 43.8 Å². The van der Waals surface area contributed by atoms with Crippen molar-refractivity contribution in [1.29, 1.82) is 0 Å². The average molecular weight is 396 g/mol. The summed E-state index contributed by atoms with van der Waals surface area (Å²) >= 11 is 1.76. The molecule has 0 fully saturated rings. The monoisotopic (exact) mass is 395 g/mol. The Balaban J connectivity index is 1.61. The van der Waals surface area contributed by atoms with E-state index in [2.05, 4.69) is 85.0 Å². The molecule has 5 aromatic rings. The molecule has 5 rings (SSSR count). The molecule has 0 saturated heterocycles. The van der Waals surface area contributed by atoms with Crippen molar-refractivity contribution in [3.05, 3.63) is 95.1 Å². The van der Waals surface area contributed by atoms with Crippen LogP contribution in [0.1, 0.15) is 23.2 Å². The molecule has 0 unspecified atom stereocenters. The highest BCUT2D eigenvalue weighted by Gasteiger charge is 2.13. The summed E-state index contributed by atoms with van der Waals surface area (Å²) in [5.74, 6) is 1.73. The Kier molecular flexibility index (Phi) is 4.70. The predicted molar refractivity (Wildman–Crippen MR) is 123 cm³/mol. The van der Waals surface area contributed by atoms with Crippen molar-refractivity contribution in [2.45, 2.75) is 19.8 Å². The van der Waals surface area contributed by atoms with Gasteiger partial charge in [-0.3, -0.25) is 0 Å². The maximum atomic E-state index is 4.93. The van der Waals surface area contributed by atoms with Gasteiger partial charge in [0.2, 0.25) is 0 Å². The minimum absolute atomic E-state index is 0.723. The highest BCUT2D eigenvalue weighted by Crippen LogP contribution is 2.33. The van der Waals surface area contributed by atoms with Crippen molar-refractivity contribution in [3.63, 3.8) is 0 Å². The largest absolute Gasteiger partial charge is 0.339 e. The van der Waals surface area contributed by atoms with Crippen LogP contribution in [-0.2, 0) is 12.8 Å². The molecular weight excluding hydrogens is 374 g/mol. The number of hydrogen-bond donors (Lipinski definition) is 1. The van der Waals surface area contributed by atoms with Crippen LogP contribution in [0.5, 0.6) is 0 Å². The van der Waals surface area contributed by atoms with E-state index in [4.69, 9.17) is 9.97 Å². The van der Waals surface area contributed by atoms with E-state index in [1.54, 1.807) is 11.3 Å². The Hall–Kier alpha value is -3.24. The van der Waals surface area contributed by atoms with Gasteiger partial charge in [-0.25, -0.2) is 9.97 Å². The first-order chi connectivity index (χ1) is 14.3. The molecule has 142 valence electrons. The molecule has 0 aliphatic heterocycles. The zero-order valence-electron chi connectivity index (χ0n) is 16.2. The SMILES string of the molecule is CCc1cc2c(Nc3cccc4ccccc34)nc(Cc3ccccc3)nc2s1. The predicted octanol–water partition coefficient (Wildman–Crippen LogP) is 6.74. The fourth-order valence-electron chi connectivity index (χ4n) is 3.60. The maximum absolute atomic E-state index is 4.93. The van der Waals surface area contributed by atoms with Gasteiger partial charge in [0.1, 0.15) is 16.5 Å². The Labute approximate surface area is 174 Å². The van der Waals surface area contributed by atoms with Crippen LogP contribution < -0.4 is 5.32 Å². The Bertz CT molecular complexity index is 1290. The third-order valence-corrected chi connectivity index (χ3v) is 6.26. The number of aryl methyl sites for hydroxylation is 1. The van der Waals surface area contributed by atoms with E-state index >= 15 is 0 Å². The lowest BCUT2D eigenvalue weighted by Crippen LogP contribution is -2.02. The highest BCUT2D eigenvalue weighted by molar-refractivity contribution is 7.18. The standard InChI is InChI=1S/C25H21N3S/c1-2-19-16-21-24(26-22-14-8-12-18-11-6-7-13-20(18)22)27-23(28-25(21)29-19)15-17-9-4-3-5-10-17/h3-14,16H,2,15H2,1H3,(H,26,27,28). The molecule has 0 saturated carbocycles. The van der Waals surface area contributed by atoms with Gasteiger partial charge < -0.3 is 5.32 Å². The van der Waals surface area contributed by atoms with Crippen molar-refractivity contribution in [2.24, 2.45) is 0 Å². The van der Waals surface area contributed by atoms with Gasteiger partial charge in [-0.1, -0.05) is 73.7 Å². The fourth-order valence-corrected chi connectivity index (χ4v) is 4.59. The summed E-state index contributed by atoms with van der Waals surface area (Å²) in [5, 5.41) is 7.11. The number of nitrogens with zero attached hydrogens (tertiary/aromatic N) is 2. The quantitative estimate of drug-likeness (QED) is 0.358. The number of nitrogens with one attached hydrogen (secondary N) is 1. The van der Waals surface area contributed by atoms with Gasteiger partial charge in [0.25, 0.3) is 0 Å². The molecule has 0 spiro atoms. The molecule has 0 bridgehead atoms. The second-order valence-corrected chi connectivity index (χ2v) is 8.20. The van der Waals surface area contributed by atoms with E-state index in [9.17, 15) is 0 Å². The lowest BCUT2D eigenvalue weighted by molar-refractivity contribution is 1.000. The molecule has 0 radical (unpaired) electrons. The van der Waals surface area contributed by atoms with E-state index in [1.807, 2.05) is 6.07 Å². The summed E-state index contributed by atoms with van der Waals surface area (Å²) in [4.78, 5) is 12.2. The van der Waals surface area contributed by atoms with Gasteiger partial charge in [-0.05, 0) is 29.5 Å². The molecule has 0 atom stereocenters. The first kappa shape index (κ1) is 17.8. The summed E-state index contributed by atoms with van der Waals surface area (Å²) in [6, 6.07) is 27.4. The van der Waals surface area contributed by atoms with Crippen LogP contribution in [0.3, 0.4) is 0 Å². The van der Waals surface area contributed by atoms with Crippen LogP contribution in [0.25, 0.3) is 21.0 Å². The summed E-state index contributed by atoms with van der Waals surface area (Å²) in [6.07, 6.45) is 1.73. The molecule has 3 aromatic carbocycles. The Morgan fingerprint density at radius 3 is 2.48 bits per heavy atom. The molecule has 2 aromatic heterocycles. The van der Waals surface area contributed by atoms with Crippen LogP contribution in [0.4, 0.5) is 11.5 Å². The molecule has 0 aliphatic carbocycles. The number of thiophene rings is 1. The number of benzene rings is 3. The van der Waals surface area contributed by atoms with Gasteiger partial charge in [0, 0.05) is 22.4 Å². The first-order valence-corrected chi connectivity index (χ1v) is 10.7. The smallest absolute Gasteiger partial charge is 0.142 e. The van der Waals surface area contributed by atoms with Crippen molar-refractivity contribution in [2.75, 3.05) is 5.32 Å². The average Bonchev–Trinajstić information content (AvgIpc) is 3.18. The van der Waals surface area contributed by atoms with Crippen molar-refractivity contribution in [1.82, 2.24) is 9.97 Å². The first-order valence-electron chi connectivity index (χ1n) is 9.88. The third-order valence-electron chi connectivity index (χ3n) is 5.09. The lowest BCUT2D eigenvalue weighted by Gasteiger charge is -2.11. The zero-order valence-corrected chi connectivity index (χ0v) is 17.0. The number of fused-ring (bicyclic) bond motifs is 2. The van der Waals surface area contributed by atoms with E-state index in [1.165, 1.54) is 21.2 Å². The van der Waals surface area contributed by atoms with Crippen LogP contribution in [0.15, 0.2) is 78.9 Å². The summed E-state index contributed by atoms with van der Waals surface area (Å²) in [6.45, 7) is 2.18. The van der Waals surface area contributed by atoms with Crippen LogP contribution in [-0.4, -0.2) is 9.97 Å². The number of rotatable bonds is 5. The van der Waals surface area contributed by atoms with E-state index in [0.717, 1.165) is 40.4 Å². The van der Waals surface area contributed by atoms with Gasteiger partial charge >= 0.3 is 0 Å². The topological polar surface area (TPSA) is 37.8 Å². The molecule has 0 aliphatic rings. The number of aromatic nitrogens is 2. The highest BCUT2D eigenvalue weighted by atomic mass is 32.1. The van der Waals surface area contributed by atoms with Crippen LogP contribution in [0, 0.1) is 0 Å².